The number of likely N-dealkylation sites (tertiary alicyclic amines) is 1. The molecule has 0 aromatic carbocycles. The Morgan fingerprint density at radius 3 is 2.46 bits per heavy atom. The van der Waals surface area contributed by atoms with Gasteiger partial charge in [-0.2, -0.15) is 0 Å². The summed E-state index contributed by atoms with van der Waals surface area (Å²) >= 11 is 0. The van der Waals surface area contributed by atoms with E-state index in [1.165, 1.54) is 6.92 Å². The van der Waals surface area contributed by atoms with Gasteiger partial charge in [0.05, 0.1) is 0 Å². The van der Waals surface area contributed by atoms with E-state index in [-0.39, 0.29) is 12.0 Å². The van der Waals surface area contributed by atoms with Gasteiger partial charge in [0.25, 0.3) is 0 Å². The SMILES string of the molecule is CC1(C(=O)O)CC2CC2N1C(=O)O. The predicted octanol–water partition coefficient (Wildman–Crippen LogP) is 0.602. The number of aliphatic carboxylic acids is 1. The minimum atomic E-state index is -1.20. The molecule has 2 aliphatic rings. The first-order valence-electron chi connectivity index (χ1n) is 4.22. The van der Waals surface area contributed by atoms with E-state index in [0.717, 1.165) is 11.3 Å². The summed E-state index contributed by atoms with van der Waals surface area (Å²) in [5.41, 5.74) is -1.20. The van der Waals surface area contributed by atoms with Gasteiger partial charge in [-0.3, -0.25) is 4.90 Å². The normalized spacial score (nSPS) is 41.5. The number of amides is 1. The highest BCUT2D eigenvalue weighted by Gasteiger charge is 2.63. The fourth-order valence-electron chi connectivity index (χ4n) is 2.29. The minimum absolute atomic E-state index is 0.0430. The van der Waals surface area contributed by atoms with Gasteiger partial charge in [0.2, 0.25) is 0 Å². The van der Waals surface area contributed by atoms with Crippen LogP contribution >= 0.6 is 0 Å². The number of carboxylic acid groups (broad SMARTS) is 2. The van der Waals surface area contributed by atoms with Gasteiger partial charge in [-0.05, 0) is 25.7 Å². The van der Waals surface area contributed by atoms with E-state index in [2.05, 4.69) is 0 Å². The molecule has 3 unspecified atom stereocenters. The van der Waals surface area contributed by atoms with Gasteiger partial charge in [-0.25, -0.2) is 9.59 Å². The molecule has 0 bridgehead atoms. The highest BCUT2D eigenvalue weighted by Crippen LogP contribution is 2.52. The molecule has 2 rings (SSSR count). The van der Waals surface area contributed by atoms with E-state index in [0.29, 0.717) is 6.42 Å². The van der Waals surface area contributed by atoms with Crippen LogP contribution in [-0.4, -0.2) is 38.8 Å². The Bertz CT molecular complexity index is 290. The molecule has 0 radical (unpaired) electrons. The molecule has 0 aromatic heterocycles. The summed E-state index contributed by atoms with van der Waals surface area (Å²) in [7, 11) is 0. The fourth-order valence-corrected chi connectivity index (χ4v) is 2.29. The van der Waals surface area contributed by atoms with Crippen LogP contribution < -0.4 is 0 Å². The maximum atomic E-state index is 10.9. The number of rotatable bonds is 1. The number of fused-ring (bicyclic) bond motifs is 1. The van der Waals surface area contributed by atoms with Gasteiger partial charge in [-0.1, -0.05) is 0 Å². The van der Waals surface area contributed by atoms with Crippen molar-refractivity contribution in [2.24, 2.45) is 5.92 Å². The monoisotopic (exact) mass is 185 g/mol. The molecule has 1 heterocycles. The van der Waals surface area contributed by atoms with Crippen molar-refractivity contribution in [3.8, 4) is 0 Å². The molecule has 2 fully saturated rings. The topological polar surface area (TPSA) is 77.8 Å². The van der Waals surface area contributed by atoms with Crippen LogP contribution in [0.1, 0.15) is 19.8 Å². The summed E-state index contributed by atoms with van der Waals surface area (Å²) in [5, 5.41) is 17.8. The van der Waals surface area contributed by atoms with Crippen molar-refractivity contribution >= 4 is 12.1 Å². The number of hydrogen-bond acceptors (Lipinski definition) is 2. The summed E-state index contributed by atoms with van der Waals surface area (Å²) in [6.45, 7) is 1.48. The van der Waals surface area contributed by atoms with Crippen LogP contribution in [0.4, 0.5) is 4.79 Å². The Kier molecular flexibility index (Phi) is 1.38. The van der Waals surface area contributed by atoms with Crippen molar-refractivity contribution in [1.29, 1.82) is 0 Å². The first kappa shape index (κ1) is 8.34. The van der Waals surface area contributed by atoms with Crippen molar-refractivity contribution in [2.45, 2.75) is 31.3 Å². The van der Waals surface area contributed by atoms with Crippen LogP contribution in [0.25, 0.3) is 0 Å². The smallest absolute Gasteiger partial charge is 0.408 e. The largest absolute Gasteiger partial charge is 0.480 e. The van der Waals surface area contributed by atoms with Crippen molar-refractivity contribution in [1.82, 2.24) is 4.90 Å². The third-order valence-corrected chi connectivity index (χ3v) is 3.08. The first-order valence-corrected chi connectivity index (χ1v) is 4.22. The van der Waals surface area contributed by atoms with E-state index >= 15 is 0 Å². The van der Waals surface area contributed by atoms with Crippen LogP contribution in [-0.2, 0) is 4.79 Å². The van der Waals surface area contributed by atoms with Crippen molar-refractivity contribution in [3.63, 3.8) is 0 Å². The van der Waals surface area contributed by atoms with Crippen LogP contribution in [0, 0.1) is 5.92 Å². The number of carboxylic acids is 1. The van der Waals surface area contributed by atoms with E-state index in [1.54, 1.807) is 0 Å². The second kappa shape index (κ2) is 2.16. The molecule has 2 N–H and O–H groups in total. The van der Waals surface area contributed by atoms with Crippen LogP contribution in [0.5, 0.6) is 0 Å². The average Bonchev–Trinajstić information content (AvgIpc) is 2.61. The molecule has 5 nitrogen and oxygen atoms in total. The fraction of sp³-hybridized carbons (Fsp3) is 0.750. The summed E-state index contributed by atoms with van der Waals surface area (Å²) in [6, 6.07) is -0.0430. The number of piperidine rings is 1. The molecule has 72 valence electrons. The molecule has 13 heavy (non-hydrogen) atoms. The Hall–Kier alpha value is -1.26. The third-order valence-electron chi connectivity index (χ3n) is 3.08. The van der Waals surface area contributed by atoms with Crippen molar-refractivity contribution < 1.29 is 19.8 Å². The van der Waals surface area contributed by atoms with Crippen LogP contribution in [0.2, 0.25) is 0 Å². The maximum absolute atomic E-state index is 10.9. The minimum Gasteiger partial charge on any atom is -0.480 e. The molecule has 3 atom stereocenters. The molecule has 5 heteroatoms. The number of nitrogens with zero attached hydrogens (tertiary/aromatic N) is 1. The van der Waals surface area contributed by atoms with Gasteiger partial charge < -0.3 is 10.2 Å². The second-order valence-corrected chi connectivity index (χ2v) is 4.00. The zero-order valence-corrected chi connectivity index (χ0v) is 7.23. The molecule has 1 amide bonds. The number of carbonyl (C=O) groups is 2. The average molecular weight is 185 g/mol. The Morgan fingerprint density at radius 1 is 1.46 bits per heavy atom. The van der Waals surface area contributed by atoms with E-state index in [9.17, 15) is 9.59 Å². The van der Waals surface area contributed by atoms with Gasteiger partial charge >= 0.3 is 12.1 Å². The molecule has 1 saturated carbocycles. The second-order valence-electron chi connectivity index (χ2n) is 4.00. The van der Waals surface area contributed by atoms with Crippen LogP contribution in [0.15, 0.2) is 0 Å². The third kappa shape index (κ3) is 0.928. The van der Waals surface area contributed by atoms with Crippen LogP contribution in [0.3, 0.4) is 0 Å². The van der Waals surface area contributed by atoms with E-state index in [1.807, 2.05) is 0 Å². The molecule has 0 aromatic rings. The maximum Gasteiger partial charge on any atom is 0.408 e. The molecule has 0 spiro atoms. The Labute approximate surface area is 75.0 Å². The molecule has 1 saturated heterocycles. The zero-order valence-electron chi connectivity index (χ0n) is 7.23. The molecule has 1 aliphatic carbocycles. The predicted molar refractivity (Wildman–Crippen MR) is 42.4 cm³/mol. The Balaban J connectivity index is 2.30. The summed E-state index contributed by atoms with van der Waals surface area (Å²) in [5.74, 6) is -0.765. The quantitative estimate of drug-likeness (QED) is 0.627. The lowest BCUT2D eigenvalue weighted by atomic mass is 9.97. The molecular weight excluding hydrogens is 174 g/mol. The first-order chi connectivity index (χ1) is 5.97. The summed E-state index contributed by atoms with van der Waals surface area (Å²) in [4.78, 5) is 22.8. The highest BCUT2D eigenvalue weighted by atomic mass is 16.4. The highest BCUT2D eigenvalue weighted by molar-refractivity contribution is 5.85. The standard InChI is InChI=1S/C8H11NO4/c1-8(6(10)11)3-4-2-5(4)9(8)7(12)13/h4-5H,2-3H2,1H3,(H,10,11)(H,12,13). The lowest BCUT2D eigenvalue weighted by molar-refractivity contribution is -0.148. The lowest BCUT2D eigenvalue weighted by Crippen LogP contribution is -2.52. The molecule has 1 aliphatic heterocycles. The van der Waals surface area contributed by atoms with Crippen molar-refractivity contribution in [3.05, 3.63) is 0 Å². The molecular formula is C8H11NO4. The zero-order chi connectivity index (χ0) is 9.80. The lowest BCUT2D eigenvalue weighted by Gasteiger charge is -2.31. The van der Waals surface area contributed by atoms with E-state index in [4.69, 9.17) is 10.2 Å². The number of hydrogen-bond donors (Lipinski definition) is 2. The van der Waals surface area contributed by atoms with Gasteiger partial charge in [0.15, 0.2) is 0 Å². The van der Waals surface area contributed by atoms with Crippen molar-refractivity contribution in [2.75, 3.05) is 0 Å². The summed E-state index contributed by atoms with van der Waals surface area (Å²) in [6.07, 6.45) is 0.170. The van der Waals surface area contributed by atoms with Gasteiger partial charge in [-0.15, -0.1) is 0 Å². The Morgan fingerprint density at radius 2 is 2.08 bits per heavy atom. The summed E-state index contributed by atoms with van der Waals surface area (Å²) < 4.78 is 0. The van der Waals surface area contributed by atoms with Gasteiger partial charge in [0, 0.05) is 6.04 Å². The van der Waals surface area contributed by atoms with Gasteiger partial charge in [0.1, 0.15) is 5.54 Å². The van der Waals surface area contributed by atoms with E-state index < -0.39 is 17.6 Å².